The summed E-state index contributed by atoms with van der Waals surface area (Å²) in [4.78, 5) is 19.6. The van der Waals surface area contributed by atoms with Gasteiger partial charge in [0.05, 0.1) is 31.4 Å². The number of fused-ring (bicyclic) bond motifs is 1. The Morgan fingerprint density at radius 1 is 1.08 bits per heavy atom. The summed E-state index contributed by atoms with van der Waals surface area (Å²) >= 11 is 5.99. The highest BCUT2D eigenvalue weighted by atomic mass is 35.5. The second-order valence-electron chi connectivity index (χ2n) is 12.6. The minimum Gasteiger partial charge on any atom is -0.456 e. The van der Waals surface area contributed by atoms with Crippen molar-refractivity contribution in [1.82, 2.24) is 14.5 Å². The Kier molecular flexibility index (Phi) is 9.34. The van der Waals surface area contributed by atoms with Crippen molar-refractivity contribution in [2.75, 3.05) is 26.3 Å². The van der Waals surface area contributed by atoms with Gasteiger partial charge in [0, 0.05) is 35.6 Å². The Labute approximate surface area is 288 Å². The molecular weight excluding hydrogens is 652 g/mol. The van der Waals surface area contributed by atoms with E-state index in [4.69, 9.17) is 35.5 Å². The number of esters is 1. The lowest BCUT2D eigenvalue weighted by molar-refractivity contribution is -0.136. The van der Waals surface area contributed by atoms with E-state index in [1.807, 2.05) is 16.7 Å². The van der Waals surface area contributed by atoms with Crippen LogP contribution in [-0.4, -0.2) is 52.8 Å². The molecule has 254 valence electrons. The SMILES string of the molecule is CCOC(=O)C#Cc1c(-c2ccc(F)cc2)nc(CN2CCC(c3cccc4c3OC(C)(c3ccc(Cl)cc3F)O4)CC2)n1CC1CCO1. The van der Waals surface area contributed by atoms with Crippen molar-refractivity contribution in [2.45, 2.75) is 64.0 Å². The topological polar surface area (TPSA) is 75.0 Å². The highest BCUT2D eigenvalue weighted by Crippen LogP contribution is 2.50. The molecule has 0 spiro atoms. The summed E-state index contributed by atoms with van der Waals surface area (Å²) in [6.07, 6.45) is 2.64. The maximum atomic E-state index is 14.9. The normalized spacial score (nSPS) is 20.4. The molecular formula is C38H36ClF2N3O5. The number of halogens is 3. The summed E-state index contributed by atoms with van der Waals surface area (Å²) in [5.41, 5.74) is 3.17. The van der Waals surface area contributed by atoms with Gasteiger partial charge in [0.25, 0.3) is 5.79 Å². The van der Waals surface area contributed by atoms with Crippen molar-refractivity contribution >= 4 is 17.6 Å². The van der Waals surface area contributed by atoms with Crippen LogP contribution in [0.2, 0.25) is 5.02 Å². The van der Waals surface area contributed by atoms with Crippen molar-refractivity contribution in [2.24, 2.45) is 0 Å². The fourth-order valence-corrected chi connectivity index (χ4v) is 6.86. The van der Waals surface area contributed by atoms with Gasteiger partial charge in [-0.1, -0.05) is 23.7 Å². The van der Waals surface area contributed by atoms with E-state index in [0.717, 1.165) is 43.7 Å². The van der Waals surface area contributed by atoms with Crippen molar-refractivity contribution in [3.63, 3.8) is 0 Å². The van der Waals surface area contributed by atoms with Gasteiger partial charge in [0.2, 0.25) is 0 Å². The molecule has 11 heteroatoms. The average molecular weight is 688 g/mol. The molecule has 2 unspecified atom stereocenters. The molecule has 4 heterocycles. The summed E-state index contributed by atoms with van der Waals surface area (Å²) in [5, 5.41) is 0.305. The number of piperidine rings is 1. The van der Waals surface area contributed by atoms with E-state index in [-0.39, 0.29) is 30.0 Å². The average Bonchev–Trinajstić information content (AvgIpc) is 3.59. The Morgan fingerprint density at radius 2 is 1.86 bits per heavy atom. The summed E-state index contributed by atoms with van der Waals surface area (Å²) in [5.74, 6) is 5.07. The number of hydrogen-bond acceptors (Lipinski definition) is 7. The van der Waals surface area contributed by atoms with Crippen LogP contribution in [0.4, 0.5) is 8.78 Å². The van der Waals surface area contributed by atoms with Gasteiger partial charge in [-0.3, -0.25) is 4.90 Å². The van der Waals surface area contributed by atoms with Crippen molar-refractivity contribution in [3.8, 4) is 34.6 Å². The molecule has 3 aromatic carbocycles. The van der Waals surface area contributed by atoms with Gasteiger partial charge in [-0.25, -0.2) is 18.6 Å². The van der Waals surface area contributed by atoms with Gasteiger partial charge < -0.3 is 23.5 Å². The lowest BCUT2D eigenvalue weighted by Gasteiger charge is -2.33. The number of rotatable bonds is 8. The molecule has 0 aliphatic carbocycles. The van der Waals surface area contributed by atoms with Crippen molar-refractivity contribution in [1.29, 1.82) is 0 Å². The number of carbonyl (C=O) groups is 1. The number of ether oxygens (including phenoxy) is 4. The molecule has 0 saturated carbocycles. The minimum atomic E-state index is -1.31. The Bertz CT molecular complexity index is 1930. The molecule has 0 bridgehead atoms. The largest absolute Gasteiger partial charge is 0.456 e. The van der Waals surface area contributed by atoms with Crippen LogP contribution in [0.15, 0.2) is 60.7 Å². The number of nitrogens with zero attached hydrogens (tertiary/aromatic N) is 3. The number of likely N-dealkylation sites (tertiary alicyclic amines) is 1. The molecule has 8 nitrogen and oxygen atoms in total. The second kappa shape index (κ2) is 13.8. The first-order valence-corrected chi connectivity index (χ1v) is 16.9. The standard InChI is InChI=1S/C38H36ClF2N3O5/c1-3-46-35(45)14-13-32-36(25-7-10-27(40)11-8-25)42-34(44(32)22-28-17-20-47-28)23-43-18-15-24(16-19-43)29-5-4-6-33-37(29)49-38(2,48-33)30-12-9-26(39)21-31(30)41/h4-12,21,24,28H,3,15-20,22-23H2,1-2H3. The third-order valence-corrected chi connectivity index (χ3v) is 9.56. The first-order chi connectivity index (χ1) is 23.7. The third kappa shape index (κ3) is 6.89. The zero-order chi connectivity index (χ0) is 34.1. The predicted octanol–water partition coefficient (Wildman–Crippen LogP) is 7.21. The van der Waals surface area contributed by atoms with Crippen molar-refractivity contribution < 1.29 is 32.5 Å². The first kappa shape index (κ1) is 33.1. The molecule has 0 radical (unpaired) electrons. The maximum Gasteiger partial charge on any atom is 0.384 e. The monoisotopic (exact) mass is 687 g/mol. The molecule has 0 amide bonds. The van der Waals surface area contributed by atoms with E-state index in [2.05, 4.69) is 22.8 Å². The zero-order valence-electron chi connectivity index (χ0n) is 27.3. The van der Waals surface area contributed by atoms with E-state index < -0.39 is 17.6 Å². The fourth-order valence-electron chi connectivity index (χ4n) is 6.70. The maximum absolute atomic E-state index is 14.9. The third-order valence-electron chi connectivity index (χ3n) is 9.33. The lowest BCUT2D eigenvalue weighted by atomic mass is 9.88. The summed E-state index contributed by atoms with van der Waals surface area (Å²) < 4.78 is 54.2. The summed E-state index contributed by atoms with van der Waals surface area (Å²) in [6, 6.07) is 16.5. The van der Waals surface area contributed by atoms with E-state index in [9.17, 15) is 13.6 Å². The Hall–Kier alpha value is -4.43. The number of hydrogen-bond donors (Lipinski definition) is 0. The Morgan fingerprint density at radius 3 is 2.55 bits per heavy atom. The van der Waals surface area contributed by atoms with Crippen molar-refractivity contribution in [3.05, 3.63) is 100.0 Å². The molecule has 49 heavy (non-hydrogen) atoms. The summed E-state index contributed by atoms with van der Waals surface area (Å²) in [6.45, 7) is 7.04. The van der Waals surface area contributed by atoms with Crippen LogP contribution in [0.1, 0.15) is 61.7 Å². The zero-order valence-corrected chi connectivity index (χ0v) is 28.1. The van der Waals surface area contributed by atoms with E-state index in [1.54, 1.807) is 38.1 Å². The van der Waals surface area contributed by atoms with Gasteiger partial charge in [0.1, 0.15) is 28.8 Å². The molecule has 1 aromatic heterocycles. The number of imidazole rings is 1. The van der Waals surface area contributed by atoms with Gasteiger partial charge in [-0.2, -0.15) is 0 Å². The van der Waals surface area contributed by atoms with Crippen LogP contribution in [0, 0.1) is 23.5 Å². The molecule has 3 aliphatic heterocycles. The Balaban J connectivity index is 1.12. The molecule has 0 N–H and O–H groups in total. The van der Waals surface area contributed by atoms with E-state index >= 15 is 0 Å². The van der Waals surface area contributed by atoms with Crippen LogP contribution in [0.5, 0.6) is 11.5 Å². The number of aromatic nitrogens is 2. The second-order valence-corrected chi connectivity index (χ2v) is 13.0. The van der Waals surface area contributed by atoms with Crippen LogP contribution in [0.3, 0.4) is 0 Å². The van der Waals surface area contributed by atoms with Gasteiger partial charge in [0.15, 0.2) is 11.5 Å². The number of carbonyl (C=O) groups excluding carboxylic acids is 1. The molecule has 2 fully saturated rings. The van der Waals surface area contributed by atoms with Crippen LogP contribution in [0.25, 0.3) is 11.3 Å². The molecule has 7 rings (SSSR count). The van der Waals surface area contributed by atoms with E-state index in [0.29, 0.717) is 53.2 Å². The fraction of sp³-hybridized carbons (Fsp3) is 0.368. The first-order valence-electron chi connectivity index (χ1n) is 16.5. The quantitative estimate of drug-likeness (QED) is 0.143. The molecule has 4 aromatic rings. The highest BCUT2D eigenvalue weighted by Gasteiger charge is 2.43. The van der Waals surface area contributed by atoms with Crippen LogP contribution < -0.4 is 9.47 Å². The predicted molar refractivity (Wildman–Crippen MR) is 179 cm³/mol. The van der Waals surface area contributed by atoms with Crippen LogP contribution in [-0.2, 0) is 33.1 Å². The lowest BCUT2D eigenvalue weighted by Crippen LogP contribution is -2.35. The summed E-state index contributed by atoms with van der Waals surface area (Å²) in [7, 11) is 0. The number of benzene rings is 3. The molecule has 3 aliphatic rings. The van der Waals surface area contributed by atoms with Gasteiger partial charge in [-0.15, -0.1) is 0 Å². The van der Waals surface area contributed by atoms with Gasteiger partial charge >= 0.3 is 5.97 Å². The molecule has 2 atom stereocenters. The number of para-hydroxylation sites is 1. The van der Waals surface area contributed by atoms with Crippen LogP contribution >= 0.6 is 11.6 Å². The smallest absolute Gasteiger partial charge is 0.384 e. The van der Waals surface area contributed by atoms with E-state index in [1.165, 1.54) is 18.2 Å². The molecule has 2 saturated heterocycles. The minimum absolute atomic E-state index is 0.0114. The highest BCUT2D eigenvalue weighted by molar-refractivity contribution is 6.30. The van der Waals surface area contributed by atoms with Gasteiger partial charge in [-0.05, 0) is 99.6 Å².